The van der Waals surface area contributed by atoms with E-state index in [1.54, 1.807) is 12.1 Å². The standard InChI is InChI=1S/C15H18O3/c1-10-6-8-11(9-7-10)14(16)12-4-2-3-5-13(12)15(17)18/h6-9,12-13H,2-5H2,1H3,(H,17,18)/t12?,13-/m1/s1. The fourth-order valence-electron chi connectivity index (χ4n) is 2.67. The number of carboxylic acids is 1. The summed E-state index contributed by atoms with van der Waals surface area (Å²) in [7, 11) is 0. The van der Waals surface area contributed by atoms with E-state index in [9.17, 15) is 14.7 Å². The lowest BCUT2D eigenvalue weighted by atomic mass is 9.75. The summed E-state index contributed by atoms with van der Waals surface area (Å²) in [5.74, 6) is -1.70. The zero-order chi connectivity index (χ0) is 13.1. The number of carbonyl (C=O) groups is 2. The van der Waals surface area contributed by atoms with Gasteiger partial charge in [-0.3, -0.25) is 9.59 Å². The van der Waals surface area contributed by atoms with E-state index in [4.69, 9.17) is 0 Å². The lowest BCUT2D eigenvalue weighted by molar-refractivity contribution is -0.144. The van der Waals surface area contributed by atoms with Gasteiger partial charge in [0, 0.05) is 11.5 Å². The lowest BCUT2D eigenvalue weighted by Crippen LogP contribution is -2.32. The number of aliphatic carboxylic acids is 1. The van der Waals surface area contributed by atoms with Crippen molar-refractivity contribution in [2.45, 2.75) is 32.6 Å². The van der Waals surface area contributed by atoms with Crippen molar-refractivity contribution in [3.05, 3.63) is 35.4 Å². The Bertz CT molecular complexity index is 447. The fourth-order valence-corrected chi connectivity index (χ4v) is 2.67. The van der Waals surface area contributed by atoms with Crippen LogP contribution in [-0.2, 0) is 4.79 Å². The highest BCUT2D eigenvalue weighted by molar-refractivity contribution is 6.00. The third-order valence-corrected chi connectivity index (χ3v) is 3.76. The van der Waals surface area contributed by atoms with Crippen LogP contribution in [0.1, 0.15) is 41.6 Å². The van der Waals surface area contributed by atoms with E-state index < -0.39 is 11.9 Å². The van der Waals surface area contributed by atoms with Crippen LogP contribution in [0.5, 0.6) is 0 Å². The van der Waals surface area contributed by atoms with Crippen LogP contribution in [0, 0.1) is 18.8 Å². The molecule has 3 nitrogen and oxygen atoms in total. The molecule has 1 aromatic rings. The van der Waals surface area contributed by atoms with Gasteiger partial charge in [0.1, 0.15) is 0 Å². The molecule has 0 aliphatic heterocycles. The van der Waals surface area contributed by atoms with Gasteiger partial charge in [0.15, 0.2) is 5.78 Å². The number of hydrogen-bond acceptors (Lipinski definition) is 2. The van der Waals surface area contributed by atoms with Crippen molar-refractivity contribution in [1.82, 2.24) is 0 Å². The smallest absolute Gasteiger partial charge is 0.307 e. The Hall–Kier alpha value is -1.64. The van der Waals surface area contributed by atoms with Gasteiger partial charge >= 0.3 is 5.97 Å². The first kappa shape index (κ1) is 12.8. The molecule has 0 amide bonds. The molecule has 0 heterocycles. The van der Waals surface area contributed by atoms with Gasteiger partial charge < -0.3 is 5.11 Å². The summed E-state index contributed by atoms with van der Waals surface area (Å²) in [4.78, 5) is 23.6. The van der Waals surface area contributed by atoms with Crippen LogP contribution >= 0.6 is 0 Å². The van der Waals surface area contributed by atoms with Crippen molar-refractivity contribution in [2.75, 3.05) is 0 Å². The van der Waals surface area contributed by atoms with Gasteiger partial charge in [-0.1, -0.05) is 42.7 Å². The second-order valence-corrected chi connectivity index (χ2v) is 5.07. The zero-order valence-corrected chi connectivity index (χ0v) is 10.6. The number of rotatable bonds is 3. The summed E-state index contributed by atoms with van der Waals surface area (Å²) in [6.07, 6.45) is 3.18. The fraction of sp³-hybridized carbons (Fsp3) is 0.467. The molecule has 1 saturated carbocycles. The molecule has 0 radical (unpaired) electrons. The Morgan fingerprint density at radius 3 is 2.17 bits per heavy atom. The van der Waals surface area contributed by atoms with Crippen molar-refractivity contribution in [2.24, 2.45) is 11.8 Å². The van der Waals surface area contributed by atoms with E-state index in [-0.39, 0.29) is 11.7 Å². The van der Waals surface area contributed by atoms with Crippen molar-refractivity contribution in [1.29, 1.82) is 0 Å². The molecule has 0 saturated heterocycles. The Balaban J connectivity index is 2.20. The van der Waals surface area contributed by atoms with Gasteiger partial charge in [-0.25, -0.2) is 0 Å². The minimum absolute atomic E-state index is 0.0119. The number of benzene rings is 1. The third kappa shape index (κ3) is 2.61. The highest BCUT2D eigenvalue weighted by Gasteiger charge is 2.35. The first-order chi connectivity index (χ1) is 8.59. The molecule has 0 aromatic heterocycles. The zero-order valence-electron chi connectivity index (χ0n) is 10.6. The topological polar surface area (TPSA) is 54.4 Å². The van der Waals surface area contributed by atoms with Crippen LogP contribution in [0.4, 0.5) is 0 Å². The average Bonchev–Trinajstić information content (AvgIpc) is 2.39. The van der Waals surface area contributed by atoms with Crippen LogP contribution in [0.15, 0.2) is 24.3 Å². The highest BCUT2D eigenvalue weighted by Crippen LogP contribution is 2.32. The average molecular weight is 246 g/mol. The lowest BCUT2D eigenvalue weighted by Gasteiger charge is -2.27. The monoisotopic (exact) mass is 246 g/mol. The summed E-state index contributed by atoms with van der Waals surface area (Å²) >= 11 is 0. The molecular weight excluding hydrogens is 228 g/mol. The number of Topliss-reactive ketones (excluding diaryl/α,β-unsaturated/α-hetero) is 1. The summed E-state index contributed by atoms with van der Waals surface area (Å²) in [6.45, 7) is 1.97. The molecule has 2 rings (SSSR count). The van der Waals surface area contributed by atoms with Crippen molar-refractivity contribution in [3.8, 4) is 0 Å². The molecule has 96 valence electrons. The van der Waals surface area contributed by atoms with Gasteiger partial charge in [0.25, 0.3) is 0 Å². The quantitative estimate of drug-likeness (QED) is 0.834. The maximum atomic E-state index is 12.4. The predicted octanol–water partition coefficient (Wildman–Crippen LogP) is 3.07. The Morgan fingerprint density at radius 1 is 1.06 bits per heavy atom. The van der Waals surface area contributed by atoms with Crippen LogP contribution in [0.25, 0.3) is 0 Å². The molecule has 1 unspecified atom stereocenters. The van der Waals surface area contributed by atoms with Crippen LogP contribution in [-0.4, -0.2) is 16.9 Å². The first-order valence-electron chi connectivity index (χ1n) is 6.43. The van der Waals surface area contributed by atoms with E-state index in [0.717, 1.165) is 18.4 Å². The van der Waals surface area contributed by atoms with Crippen molar-refractivity contribution < 1.29 is 14.7 Å². The van der Waals surface area contributed by atoms with Gasteiger partial charge in [-0.15, -0.1) is 0 Å². The Labute approximate surface area is 107 Å². The SMILES string of the molecule is Cc1ccc(C(=O)C2CCCC[C@H]2C(=O)O)cc1. The number of carbonyl (C=O) groups excluding carboxylic acids is 1. The molecule has 1 aromatic carbocycles. The number of hydrogen-bond donors (Lipinski definition) is 1. The van der Waals surface area contributed by atoms with E-state index in [0.29, 0.717) is 18.4 Å². The molecule has 0 spiro atoms. The second-order valence-electron chi connectivity index (χ2n) is 5.07. The molecule has 1 aliphatic rings. The van der Waals surface area contributed by atoms with Gasteiger partial charge in [-0.05, 0) is 19.8 Å². The maximum Gasteiger partial charge on any atom is 0.307 e. The third-order valence-electron chi connectivity index (χ3n) is 3.76. The van der Waals surface area contributed by atoms with E-state index in [1.165, 1.54) is 0 Å². The molecule has 1 aliphatic carbocycles. The minimum atomic E-state index is -0.833. The maximum absolute atomic E-state index is 12.4. The molecule has 18 heavy (non-hydrogen) atoms. The molecule has 2 atom stereocenters. The second kappa shape index (κ2) is 5.34. The normalized spacial score (nSPS) is 23.6. The molecule has 1 fully saturated rings. The van der Waals surface area contributed by atoms with E-state index >= 15 is 0 Å². The van der Waals surface area contributed by atoms with Crippen LogP contribution < -0.4 is 0 Å². The minimum Gasteiger partial charge on any atom is -0.481 e. The molecule has 0 bridgehead atoms. The number of ketones is 1. The van der Waals surface area contributed by atoms with Gasteiger partial charge in [-0.2, -0.15) is 0 Å². The van der Waals surface area contributed by atoms with Gasteiger partial charge in [0.2, 0.25) is 0 Å². The largest absolute Gasteiger partial charge is 0.481 e. The predicted molar refractivity (Wildman–Crippen MR) is 68.6 cm³/mol. The van der Waals surface area contributed by atoms with Crippen LogP contribution in [0.3, 0.4) is 0 Å². The molecular formula is C15H18O3. The van der Waals surface area contributed by atoms with Crippen LogP contribution in [0.2, 0.25) is 0 Å². The number of aryl methyl sites for hydroxylation is 1. The van der Waals surface area contributed by atoms with E-state index in [2.05, 4.69) is 0 Å². The molecule has 3 heteroatoms. The summed E-state index contributed by atoms with van der Waals surface area (Å²) in [5, 5.41) is 9.20. The Morgan fingerprint density at radius 2 is 1.61 bits per heavy atom. The van der Waals surface area contributed by atoms with Crippen molar-refractivity contribution in [3.63, 3.8) is 0 Å². The number of carboxylic acid groups (broad SMARTS) is 1. The summed E-state index contributed by atoms with van der Waals surface area (Å²) in [6, 6.07) is 7.38. The summed E-state index contributed by atoms with van der Waals surface area (Å²) < 4.78 is 0. The Kier molecular flexibility index (Phi) is 3.80. The van der Waals surface area contributed by atoms with Crippen molar-refractivity contribution >= 4 is 11.8 Å². The summed E-state index contributed by atoms with van der Waals surface area (Å²) in [5.41, 5.74) is 1.74. The highest BCUT2D eigenvalue weighted by atomic mass is 16.4. The first-order valence-corrected chi connectivity index (χ1v) is 6.43. The van der Waals surface area contributed by atoms with Gasteiger partial charge in [0.05, 0.1) is 5.92 Å². The molecule has 1 N–H and O–H groups in total. The van der Waals surface area contributed by atoms with E-state index in [1.807, 2.05) is 19.1 Å².